The standard InChI is InChI=1S/C24H28F2O2/c1-2-3-17-12-14-24(15-13-17,23(27)28)20-9-6-18(7-10-20)4-5-19-8-11-21(25)22(26)16-19/h6-11,16-17H,2-5,12-15H2,1H3,(H,27,28). The third-order valence-electron chi connectivity index (χ3n) is 6.26. The van der Waals surface area contributed by atoms with Gasteiger partial charge in [-0.1, -0.05) is 50.1 Å². The van der Waals surface area contributed by atoms with Crippen molar-refractivity contribution in [2.45, 2.75) is 63.7 Å². The molecular formula is C24H28F2O2. The summed E-state index contributed by atoms with van der Waals surface area (Å²) in [6, 6.07) is 11.8. The molecule has 0 saturated heterocycles. The molecule has 2 aromatic rings. The number of benzene rings is 2. The highest BCUT2D eigenvalue weighted by atomic mass is 19.2. The van der Waals surface area contributed by atoms with E-state index in [1.54, 1.807) is 6.07 Å². The van der Waals surface area contributed by atoms with Crippen molar-refractivity contribution in [2.75, 3.05) is 0 Å². The van der Waals surface area contributed by atoms with Gasteiger partial charge in [0.1, 0.15) is 0 Å². The second-order valence-electron chi connectivity index (χ2n) is 8.06. The van der Waals surface area contributed by atoms with Crippen molar-refractivity contribution in [3.05, 3.63) is 70.8 Å². The van der Waals surface area contributed by atoms with Gasteiger partial charge in [-0.2, -0.15) is 0 Å². The van der Waals surface area contributed by atoms with Crippen LogP contribution < -0.4 is 0 Å². The van der Waals surface area contributed by atoms with Gasteiger partial charge >= 0.3 is 5.97 Å². The average Bonchev–Trinajstić information content (AvgIpc) is 2.70. The molecule has 0 radical (unpaired) electrons. The Morgan fingerprint density at radius 1 is 1.00 bits per heavy atom. The van der Waals surface area contributed by atoms with Crippen LogP contribution in [0.15, 0.2) is 42.5 Å². The lowest BCUT2D eigenvalue weighted by Crippen LogP contribution is -2.39. The third-order valence-corrected chi connectivity index (χ3v) is 6.26. The number of hydrogen-bond acceptors (Lipinski definition) is 1. The summed E-state index contributed by atoms with van der Waals surface area (Å²) in [5.74, 6) is -1.74. The van der Waals surface area contributed by atoms with Crippen molar-refractivity contribution < 1.29 is 18.7 Å². The summed E-state index contributed by atoms with van der Waals surface area (Å²) in [7, 11) is 0. The van der Waals surface area contributed by atoms with Crippen LogP contribution in [-0.2, 0) is 23.1 Å². The highest BCUT2D eigenvalue weighted by Crippen LogP contribution is 2.43. The first kappa shape index (κ1) is 20.5. The van der Waals surface area contributed by atoms with Crippen LogP contribution >= 0.6 is 0 Å². The number of hydrogen-bond donors (Lipinski definition) is 1. The first-order valence-electron chi connectivity index (χ1n) is 10.2. The van der Waals surface area contributed by atoms with Gasteiger partial charge in [0, 0.05) is 0 Å². The molecule has 0 atom stereocenters. The summed E-state index contributed by atoms with van der Waals surface area (Å²) in [6.07, 6.45) is 6.97. The van der Waals surface area contributed by atoms with Crippen molar-refractivity contribution in [3.63, 3.8) is 0 Å². The molecule has 1 fully saturated rings. The van der Waals surface area contributed by atoms with Gasteiger partial charge in [0.05, 0.1) is 5.41 Å². The van der Waals surface area contributed by atoms with Gasteiger partial charge in [0.25, 0.3) is 0 Å². The number of halogens is 2. The van der Waals surface area contributed by atoms with Gasteiger partial charge in [-0.05, 0) is 73.3 Å². The molecule has 0 heterocycles. The molecule has 0 amide bonds. The molecule has 0 spiro atoms. The molecule has 0 bridgehead atoms. The minimum atomic E-state index is -0.833. The molecule has 1 aliphatic carbocycles. The van der Waals surface area contributed by atoms with E-state index in [-0.39, 0.29) is 0 Å². The van der Waals surface area contributed by atoms with Crippen LogP contribution in [0.1, 0.15) is 62.1 Å². The summed E-state index contributed by atoms with van der Waals surface area (Å²) in [6.45, 7) is 2.18. The summed E-state index contributed by atoms with van der Waals surface area (Å²) in [5.41, 5.74) is 1.92. The number of aryl methyl sites for hydroxylation is 2. The minimum Gasteiger partial charge on any atom is -0.481 e. The Balaban J connectivity index is 1.68. The van der Waals surface area contributed by atoms with Crippen LogP contribution in [0.4, 0.5) is 8.78 Å². The zero-order valence-corrected chi connectivity index (χ0v) is 16.4. The molecule has 0 unspecified atom stereocenters. The summed E-state index contributed by atoms with van der Waals surface area (Å²) < 4.78 is 26.4. The fourth-order valence-electron chi connectivity index (χ4n) is 4.47. The van der Waals surface area contributed by atoms with E-state index in [0.717, 1.165) is 42.0 Å². The summed E-state index contributed by atoms with van der Waals surface area (Å²) >= 11 is 0. The van der Waals surface area contributed by atoms with E-state index in [1.165, 1.54) is 12.5 Å². The van der Waals surface area contributed by atoms with Crippen LogP contribution in [0, 0.1) is 17.6 Å². The molecule has 0 aromatic heterocycles. The van der Waals surface area contributed by atoms with Crippen molar-refractivity contribution in [2.24, 2.45) is 5.92 Å². The van der Waals surface area contributed by atoms with Crippen molar-refractivity contribution >= 4 is 5.97 Å². The molecule has 0 aliphatic heterocycles. The predicted molar refractivity (Wildman–Crippen MR) is 106 cm³/mol. The Hall–Kier alpha value is -2.23. The first-order chi connectivity index (χ1) is 13.4. The smallest absolute Gasteiger partial charge is 0.314 e. The summed E-state index contributed by atoms with van der Waals surface area (Å²) in [4.78, 5) is 12.1. The van der Waals surface area contributed by atoms with E-state index in [4.69, 9.17) is 0 Å². The van der Waals surface area contributed by atoms with Gasteiger partial charge in [-0.15, -0.1) is 0 Å². The number of rotatable bonds is 7. The SMILES string of the molecule is CCCC1CCC(C(=O)O)(c2ccc(CCc3ccc(F)c(F)c3)cc2)CC1. The molecular weight excluding hydrogens is 358 g/mol. The van der Waals surface area contributed by atoms with E-state index >= 15 is 0 Å². The third kappa shape index (κ3) is 4.43. The highest BCUT2D eigenvalue weighted by molar-refractivity contribution is 5.81. The Morgan fingerprint density at radius 3 is 2.18 bits per heavy atom. The molecule has 4 heteroatoms. The molecule has 2 aromatic carbocycles. The Kier molecular flexibility index (Phi) is 6.48. The van der Waals surface area contributed by atoms with Crippen molar-refractivity contribution in [1.82, 2.24) is 0 Å². The Labute approximate surface area is 165 Å². The van der Waals surface area contributed by atoms with Crippen LogP contribution in [0.3, 0.4) is 0 Å². The topological polar surface area (TPSA) is 37.3 Å². The lowest BCUT2D eigenvalue weighted by molar-refractivity contribution is -0.145. The lowest BCUT2D eigenvalue weighted by atomic mass is 9.66. The first-order valence-corrected chi connectivity index (χ1v) is 10.2. The van der Waals surface area contributed by atoms with Crippen LogP contribution in [0.5, 0.6) is 0 Å². The normalized spacial score (nSPS) is 22.2. The Bertz CT molecular complexity index is 806. The molecule has 2 nitrogen and oxygen atoms in total. The predicted octanol–water partition coefficient (Wildman–Crippen LogP) is 6.06. The largest absolute Gasteiger partial charge is 0.481 e. The second-order valence-corrected chi connectivity index (χ2v) is 8.06. The quantitative estimate of drug-likeness (QED) is 0.628. The molecule has 150 valence electrons. The van der Waals surface area contributed by atoms with E-state index in [9.17, 15) is 18.7 Å². The fourth-order valence-corrected chi connectivity index (χ4v) is 4.47. The monoisotopic (exact) mass is 386 g/mol. The number of aliphatic carboxylic acids is 1. The minimum absolute atomic E-state index is 0.610. The van der Waals surface area contributed by atoms with Crippen molar-refractivity contribution in [3.8, 4) is 0 Å². The Morgan fingerprint density at radius 2 is 1.61 bits per heavy atom. The van der Waals surface area contributed by atoms with Gasteiger partial charge < -0.3 is 5.11 Å². The van der Waals surface area contributed by atoms with E-state index in [1.807, 2.05) is 24.3 Å². The van der Waals surface area contributed by atoms with Crippen LogP contribution in [-0.4, -0.2) is 11.1 Å². The fraction of sp³-hybridized carbons (Fsp3) is 0.458. The van der Waals surface area contributed by atoms with Gasteiger partial charge in [-0.25, -0.2) is 8.78 Å². The molecule has 1 saturated carbocycles. The van der Waals surface area contributed by atoms with Gasteiger partial charge in [0.15, 0.2) is 11.6 Å². The molecule has 28 heavy (non-hydrogen) atoms. The maximum absolute atomic E-state index is 13.3. The van der Waals surface area contributed by atoms with E-state index < -0.39 is 23.0 Å². The van der Waals surface area contributed by atoms with Gasteiger partial charge in [-0.3, -0.25) is 4.79 Å². The molecule has 1 aliphatic rings. The zero-order chi connectivity index (χ0) is 20.1. The maximum atomic E-state index is 13.3. The lowest BCUT2D eigenvalue weighted by Gasteiger charge is -2.37. The van der Waals surface area contributed by atoms with Gasteiger partial charge in [0.2, 0.25) is 0 Å². The van der Waals surface area contributed by atoms with Crippen LogP contribution in [0.25, 0.3) is 0 Å². The van der Waals surface area contributed by atoms with Crippen molar-refractivity contribution in [1.29, 1.82) is 0 Å². The summed E-state index contributed by atoms with van der Waals surface area (Å²) in [5, 5.41) is 9.96. The average molecular weight is 386 g/mol. The number of carboxylic acid groups (broad SMARTS) is 1. The number of carbonyl (C=O) groups is 1. The molecule has 1 N–H and O–H groups in total. The number of carboxylic acids is 1. The van der Waals surface area contributed by atoms with E-state index in [0.29, 0.717) is 31.6 Å². The second kappa shape index (κ2) is 8.85. The maximum Gasteiger partial charge on any atom is 0.314 e. The molecule has 3 rings (SSSR count). The highest BCUT2D eigenvalue weighted by Gasteiger charge is 2.43. The zero-order valence-electron chi connectivity index (χ0n) is 16.4. The van der Waals surface area contributed by atoms with Crippen LogP contribution in [0.2, 0.25) is 0 Å². The van der Waals surface area contributed by atoms with E-state index in [2.05, 4.69) is 6.92 Å².